The van der Waals surface area contributed by atoms with Crippen LogP contribution >= 0.6 is 23.1 Å². The Bertz CT molecular complexity index is 453. The second kappa shape index (κ2) is 4.63. The van der Waals surface area contributed by atoms with Gasteiger partial charge in [-0.2, -0.15) is 0 Å². The van der Waals surface area contributed by atoms with Crippen molar-refractivity contribution >= 4 is 28.2 Å². The van der Waals surface area contributed by atoms with Gasteiger partial charge in [-0.15, -0.1) is 22.0 Å². The molecule has 0 fully saturated rings. The van der Waals surface area contributed by atoms with Crippen LogP contribution < -0.4 is 5.73 Å². The first-order chi connectivity index (χ1) is 7.24. The van der Waals surface area contributed by atoms with E-state index in [1.54, 1.807) is 11.8 Å². The molecule has 1 heterocycles. The maximum atomic E-state index is 5.51. The molecule has 5 heteroatoms. The quantitative estimate of drug-likeness (QED) is 0.834. The van der Waals surface area contributed by atoms with Crippen LogP contribution in [-0.4, -0.2) is 10.2 Å². The highest BCUT2D eigenvalue weighted by Crippen LogP contribution is 2.25. The Morgan fingerprint density at radius 3 is 2.93 bits per heavy atom. The van der Waals surface area contributed by atoms with E-state index >= 15 is 0 Å². The molecule has 0 aliphatic heterocycles. The van der Waals surface area contributed by atoms with E-state index in [1.807, 2.05) is 0 Å². The lowest BCUT2D eigenvalue weighted by Gasteiger charge is -1.99. The minimum absolute atomic E-state index is 0.537. The van der Waals surface area contributed by atoms with Crippen molar-refractivity contribution in [2.24, 2.45) is 0 Å². The van der Waals surface area contributed by atoms with Crippen LogP contribution in [0.15, 0.2) is 29.2 Å². The van der Waals surface area contributed by atoms with Crippen molar-refractivity contribution in [3.05, 3.63) is 34.8 Å². The number of nitrogen functional groups attached to an aromatic ring is 1. The summed E-state index contributed by atoms with van der Waals surface area (Å²) < 4.78 is 0. The molecule has 0 aliphatic rings. The van der Waals surface area contributed by atoms with E-state index in [9.17, 15) is 0 Å². The van der Waals surface area contributed by atoms with Crippen molar-refractivity contribution in [1.82, 2.24) is 10.2 Å². The van der Waals surface area contributed by atoms with Crippen molar-refractivity contribution in [2.75, 3.05) is 5.73 Å². The molecular formula is C10H11N3S2. The Morgan fingerprint density at radius 1 is 1.40 bits per heavy atom. The van der Waals surface area contributed by atoms with Gasteiger partial charge in [-0.1, -0.05) is 29.0 Å². The van der Waals surface area contributed by atoms with Crippen molar-refractivity contribution in [2.45, 2.75) is 17.6 Å². The summed E-state index contributed by atoms with van der Waals surface area (Å²) in [5.74, 6) is 0.832. The number of hydrogen-bond acceptors (Lipinski definition) is 5. The molecular weight excluding hydrogens is 226 g/mol. The minimum Gasteiger partial charge on any atom is -0.374 e. The number of nitrogens with two attached hydrogens (primary N) is 1. The first-order valence-corrected chi connectivity index (χ1v) is 6.31. The fraction of sp³-hybridized carbons (Fsp3) is 0.200. The molecule has 1 aromatic carbocycles. The van der Waals surface area contributed by atoms with Gasteiger partial charge in [-0.05, 0) is 19.1 Å². The Hall–Kier alpha value is -1.07. The van der Waals surface area contributed by atoms with Gasteiger partial charge in [0, 0.05) is 4.90 Å². The number of nitrogens with zero attached hydrogens (tertiary/aromatic N) is 2. The minimum atomic E-state index is 0.537. The van der Waals surface area contributed by atoms with Crippen LogP contribution in [0.5, 0.6) is 0 Å². The van der Waals surface area contributed by atoms with Gasteiger partial charge in [0.25, 0.3) is 0 Å². The van der Waals surface area contributed by atoms with Gasteiger partial charge in [0.2, 0.25) is 5.13 Å². The molecule has 15 heavy (non-hydrogen) atoms. The fourth-order valence-corrected chi connectivity index (χ4v) is 2.78. The highest BCUT2D eigenvalue weighted by atomic mass is 32.2. The Balaban J connectivity index is 1.99. The SMILES string of the molecule is Cc1cccc(SCc2nnc(N)s2)c1. The molecule has 0 unspecified atom stereocenters. The molecule has 0 saturated heterocycles. The molecule has 2 N–H and O–H groups in total. The van der Waals surface area contributed by atoms with Gasteiger partial charge in [0.05, 0.1) is 5.75 Å². The molecule has 78 valence electrons. The third-order valence-corrected chi connectivity index (χ3v) is 3.77. The van der Waals surface area contributed by atoms with Gasteiger partial charge in [0.15, 0.2) is 0 Å². The number of thioether (sulfide) groups is 1. The highest BCUT2D eigenvalue weighted by molar-refractivity contribution is 7.98. The Labute approximate surface area is 96.7 Å². The van der Waals surface area contributed by atoms with E-state index in [0.717, 1.165) is 10.8 Å². The van der Waals surface area contributed by atoms with Gasteiger partial charge in [-0.3, -0.25) is 0 Å². The van der Waals surface area contributed by atoms with Crippen LogP contribution in [0.4, 0.5) is 5.13 Å². The molecule has 2 rings (SSSR count). The molecule has 0 amide bonds. The molecule has 3 nitrogen and oxygen atoms in total. The summed E-state index contributed by atoms with van der Waals surface area (Å²) >= 11 is 3.20. The number of anilines is 1. The molecule has 0 atom stereocenters. The lowest BCUT2D eigenvalue weighted by molar-refractivity contribution is 1.05. The third-order valence-electron chi connectivity index (χ3n) is 1.83. The molecule has 0 bridgehead atoms. The van der Waals surface area contributed by atoms with Crippen LogP contribution in [0.1, 0.15) is 10.6 Å². The van der Waals surface area contributed by atoms with Crippen molar-refractivity contribution in [3.63, 3.8) is 0 Å². The molecule has 2 aromatic rings. The highest BCUT2D eigenvalue weighted by Gasteiger charge is 2.01. The number of rotatable bonds is 3. The van der Waals surface area contributed by atoms with Gasteiger partial charge >= 0.3 is 0 Å². The zero-order valence-electron chi connectivity index (χ0n) is 8.30. The van der Waals surface area contributed by atoms with E-state index in [2.05, 4.69) is 41.4 Å². The third kappa shape index (κ3) is 2.94. The maximum Gasteiger partial charge on any atom is 0.203 e. The average Bonchev–Trinajstić information content (AvgIpc) is 2.62. The van der Waals surface area contributed by atoms with Crippen LogP contribution in [0.25, 0.3) is 0 Å². The molecule has 0 aliphatic carbocycles. The number of hydrogen-bond donors (Lipinski definition) is 1. The second-order valence-corrected chi connectivity index (χ2v) is 5.28. The molecule has 0 spiro atoms. The fourth-order valence-electron chi connectivity index (χ4n) is 1.18. The molecule has 0 radical (unpaired) electrons. The van der Waals surface area contributed by atoms with E-state index in [1.165, 1.54) is 21.8 Å². The summed E-state index contributed by atoms with van der Waals surface area (Å²) in [4.78, 5) is 1.25. The molecule has 1 aromatic heterocycles. The Kier molecular flexibility index (Phi) is 3.23. The van der Waals surface area contributed by atoms with Crippen molar-refractivity contribution in [1.29, 1.82) is 0 Å². The predicted molar refractivity (Wildman–Crippen MR) is 65.1 cm³/mol. The maximum absolute atomic E-state index is 5.51. The average molecular weight is 237 g/mol. The smallest absolute Gasteiger partial charge is 0.203 e. The molecule has 0 saturated carbocycles. The van der Waals surface area contributed by atoms with Gasteiger partial charge in [0.1, 0.15) is 5.01 Å². The summed E-state index contributed by atoms with van der Waals surface area (Å²) in [6.07, 6.45) is 0. The van der Waals surface area contributed by atoms with Crippen LogP contribution in [0.3, 0.4) is 0 Å². The monoisotopic (exact) mass is 237 g/mol. The predicted octanol–water partition coefficient (Wildman–Crippen LogP) is 2.72. The largest absolute Gasteiger partial charge is 0.374 e. The summed E-state index contributed by atoms with van der Waals surface area (Å²) in [5, 5.41) is 9.26. The number of aromatic nitrogens is 2. The summed E-state index contributed by atoms with van der Waals surface area (Å²) in [6.45, 7) is 2.09. The first kappa shape index (κ1) is 10.4. The van der Waals surface area contributed by atoms with Crippen molar-refractivity contribution < 1.29 is 0 Å². The van der Waals surface area contributed by atoms with Crippen LogP contribution in [0.2, 0.25) is 0 Å². The van der Waals surface area contributed by atoms with E-state index in [-0.39, 0.29) is 0 Å². The summed E-state index contributed by atoms with van der Waals surface area (Å²) in [6, 6.07) is 8.41. The number of aryl methyl sites for hydroxylation is 1. The van der Waals surface area contributed by atoms with Crippen molar-refractivity contribution in [3.8, 4) is 0 Å². The number of benzene rings is 1. The van der Waals surface area contributed by atoms with Gasteiger partial charge in [-0.25, -0.2) is 0 Å². The lowest BCUT2D eigenvalue weighted by Crippen LogP contribution is -1.81. The topological polar surface area (TPSA) is 51.8 Å². The standard InChI is InChI=1S/C10H11N3S2/c1-7-3-2-4-8(5-7)14-6-9-12-13-10(11)15-9/h2-5H,6H2,1H3,(H2,11,13). The normalized spacial score (nSPS) is 10.5. The van der Waals surface area contributed by atoms with E-state index in [4.69, 9.17) is 5.73 Å². The van der Waals surface area contributed by atoms with Crippen LogP contribution in [0, 0.1) is 6.92 Å². The van der Waals surface area contributed by atoms with E-state index in [0.29, 0.717) is 5.13 Å². The van der Waals surface area contributed by atoms with E-state index < -0.39 is 0 Å². The zero-order chi connectivity index (χ0) is 10.7. The summed E-state index contributed by atoms with van der Waals surface area (Å²) in [7, 11) is 0. The Morgan fingerprint density at radius 2 is 2.27 bits per heavy atom. The zero-order valence-corrected chi connectivity index (χ0v) is 9.94. The summed E-state index contributed by atoms with van der Waals surface area (Å²) in [5.41, 5.74) is 6.78. The van der Waals surface area contributed by atoms with Crippen LogP contribution in [-0.2, 0) is 5.75 Å². The lowest BCUT2D eigenvalue weighted by atomic mass is 10.2. The first-order valence-electron chi connectivity index (χ1n) is 4.51. The van der Waals surface area contributed by atoms with Gasteiger partial charge < -0.3 is 5.73 Å². The second-order valence-electron chi connectivity index (χ2n) is 3.14.